The molecule has 2 fully saturated rings. The fourth-order valence-corrected chi connectivity index (χ4v) is 12.9. The van der Waals surface area contributed by atoms with Crippen LogP contribution in [-0.4, -0.2) is 287 Å². The minimum atomic E-state index is -1.88. The van der Waals surface area contributed by atoms with E-state index in [1.54, 1.807) is 117 Å². The summed E-state index contributed by atoms with van der Waals surface area (Å²) in [5.41, 5.74) is 1.85. The summed E-state index contributed by atoms with van der Waals surface area (Å²) in [6, 6.07) is 9.49. The number of aliphatic hydroxyl groups excluding tert-OH is 1. The van der Waals surface area contributed by atoms with Gasteiger partial charge < -0.3 is 75.8 Å². The van der Waals surface area contributed by atoms with Crippen LogP contribution in [0.4, 0.5) is 0 Å². The number of hydrogen-bond acceptors (Lipinski definition) is 15. The molecule has 2 saturated heterocycles. The van der Waals surface area contributed by atoms with Gasteiger partial charge in [-0.15, -0.1) is 0 Å². The second-order valence-electron chi connectivity index (χ2n) is 28.8. The lowest BCUT2D eigenvalue weighted by atomic mass is 9.98. The average Bonchev–Trinajstić information content (AvgIpc) is 0.825. The molecule has 105 heavy (non-hydrogen) atoms. The van der Waals surface area contributed by atoms with E-state index in [1.165, 1.54) is 101 Å². The number of carbonyl (C=O) groups excluding carboxylic acids is 14. The molecule has 0 saturated carbocycles. The standard InChI is InChI=1S/C76H112N14O15/c1-45(2)39-59-74(103)85(14)51(9)71(100)89(18)64(46(3)4)68(97)77-47(5)65(94)79-57(73(102)88(17)60(42-55-35-27-21-28-36-55)75(104)86(15)58(41-54-33-25-20-26-34-54)67(96)78-48(6)69(98)90-37-29-22-30-38-90)43-62(93)83(12)50(8)70(99)82(11)44-61(92)81-63(52(10)91)76(105)84(13)49(7)66(95)80-56(72(101)87(59)16)40-53-31-23-19-24-32-53/h19-21,23-28,31-36,45-52,56-60,63-64,91H,22,29-30,37-44H2,1-18H3,(H,77,97)(H,78,96)(H,79,94)(H,80,95)(H,81,92)/t47-,48-,49-,50+,51-,52+,56-,57-,58-,59-,60-,63-,64-/m0/s1. The first-order chi connectivity index (χ1) is 49.3. The molecule has 14 amide bonds. The number of rotatable bonds is 17. The van der Waals surface area contributed by atoms with Gasteiger partial charge in [-0.25, -0.2) is 0 Å². The Labute approximate surface area is 617 Å². The lowest BCUT2D eigenvalue weighted by Crippen LogP contribution is -2.62. The van der Waals surface area contributed by atoms with Crippen molar-refractivity contribution in [2.24, 2.45) is 11.8 Å². The monoisotopic (exact) mass is 1460 g/mol. The van der Waals surface area contributed by atoms with E-state index in [9.17, 15) is 62.6 Å². The topological polar surface area (TPSA) is 349 Å². The molecule has 0 aromatic heterocycles. The van der Waals surface area contributed by atoms with Crippen molar-refractivity contribution >= 4 is 82.7 Å². The minimum Gasteiger partial charge on any atom is -0.391 e. The van der Waals surface area contributed by atoms with E-state index >= 15 is 9.59 Å². The zero-order valence-corrected chi connectivity index (χ0v) is 64.3. The Kier molecular flexibility index (Phi) is 32.2. The highest BCUT2D eigenvalue weighted by atomic mass is 16.3. The number of likely N-dealkylation sites (N-methyl/N-ethyl adjacent to an activating group) is 8. The van der Waals surface area contributed by atoms with Crippen LogP contribution >= 0.6 is 0 Å². The van der Waals surface area contributed by atoms with Crippen LogP contribution < -0.4 is 26.6 Å². The molecule has 2 heterocycles. The molecular formula is C76H112N14O15. The minimum absolute atomic E-state index is 0.0246. The summed E-state index contributed by atoms with van der Waals surface area (Å²) in [5, 5.41) is 24.3. The summed E-state index contributed by atoms with van der Waals surface area (Å²) in [4.78, 5) is 216. The summed E-state index contributed by atoms with van der Waals surface area (Å²) >= 11 is 0. The zero-order valence-electron chi connectivity index (χ0n) is 64.3. The highest BCUT2D eigenvalue weighted by Crippen LogP contribution is 2.23. The second kappa shape index (κ2) is 39.4. The highest BCUT2D eigenvalue weighted by molar-refractivity contribution is 6.01. The molecule has 29 heteroatoms. The van der Waals surface area contributed by atoms with Gasteiger partial charge in [0.25, 0.3) is 0 Å². The van der Waals surface area contributed by atoms with E-state index in [2.05, 4.69) is 26.6 Å². The fourth-order valence-electron chi connectivity index (χ4n) is 12.9. The first kappa shape index (κ1) is 85.8. The number of nitrogens with one attached hydrogen (secondary N) is 5. The SMILES string of the molecule is CC(C)C[C@H]1C(=O)N(C)[C@@H](C)C(=O)N(C)[C@@H](C(C)C)C(=O)N[C@@H](C)C(=O)N[C@H](C(=O)N(C)[C@@H](Cc2ccccc2)C(=O)N(C)[C@@H](Cc2ccccc2)C(=O)N[C@@H](C)C(=O)N2CCCCC2)CC(=O)N(C)[C@H](C)C(=O)N(C)CC(=O)N[C@@H]([C@@H](C)O)C(=O)N(C)[C@@H](C)C(=O)N[C@@H](Cc2ccccc2)C(=O)N1C. The van der Waals surface area contributed by atoms with Gasteiger partial charge in [-0.3, -0.25) is 67.1 Å². The molecule has 576 valence electrons. The van der Waals surface area contributed by atoms with Gasteiger partial charge in [0, 0.05) is 88.7 Å². The maximum Gasteiger partial charge on any atom is 0.248 e. The largest absolute Gasteiger partial charge is 0.391 e. The van der Waals surface area contributed by atoms with Crippen molar-refractivity contribution in [2.75, 3.05) is 76.0 Å². The predicted octanol–water partition coefficient (Wildman–Crippen LogP) is 0.984. The number of benzene rings is 3. The number of amides is 14. The molecule has 13 atom stereocenters. The number of carbonyl (C=O) groups is 14. The summed E-state index contributed by atoms with van der Waals surface area (Å²) in [5.74, 6) is -11.9. The third-order valence-corrected chi connectivity index (χ3v) is 20.0. The van der Waals surface area contributed by atoms with Crippen molar-refractivity contribution in [3.05, 3.63) is 108 Å². The van der Waals surface area contributed by atoms with Crippen molar-refractivity contribution in [3.8, 4) is 0 Å². The van der Waals surface area contributed by atoms with Crippen molar-refractivity contribution in [3.63, 3.8) is 0 Å². The molecule has 0 bridgehead atoms. The number of likely N-dealkylation sites (tertiary alicyclic amines) is 1. The summed E-state index contributed by atoms with van der Waals surface area (Å²) in [7, 11) is 10.6. The quantitative estimate of drug-likeness (QED) is 0.110. The normalized spacial score (nSPS) is 23.9. The van der Waals surface area contributed by atoms with Gasteiger partial charge in [0.05, 0.1) is 19.1 Å². The smallest absolute Gasteiger partial charge is 0.248 e. The molecule has 0 spiro atoms. The molecule has 3 aromatic rings. The Morgan fingerprint density at radius 3 is 1.58 bits per heavy atom. The van der Waals surface area contributed by atoms with E-state index in [0.29, 0.717) is 29.8 Å². The van der Waals surface area contributed by atoms with Crippen molar-refractivity contribution < 1.29 is 72.2 Å². The van der Waals surface area contributed by atoms with Gasteiger partial charge in [-0.05, 0) is 95.8 Å². The zero-order chi connectivity index (χ0) is 78.6. The maximum atomic E-state index is 15.6. The van der Waals surface area contributed by atoms with Crippen molar-refractivity contribution in [2.45, 2.75) is 199 Å². The van der Waals surface area contributed by atoms with Crippen LogP contribution in [0, 0.1) is 11.8 Å². The van der Waals surface area contributed by atoms with Gasteiger partial charge in [-0.2, -0.15) is 0 Å². The second-order valence-corrected chi connectivity index (χ2v) is 28.8. The van der Waals surface area contributed by atoms with E-state index < -0.39 is 174 Å². The predicted molar refractivity (Wildman–Crippen MR) is 393 cm³/mol. The van der Waals surface area contributed by atoms with E-state index in [-0.39, 0.29) is 37.5 Å². The fraction of sp³-hybridized carbons (Fsp3) is 0.579. The Balaban J connectivity index is 1.59. The number of aliphatic hydroxyl groups is 1. The molecule has 29 nitrogen and oxygen atoms in total. The van der Waals surface area contributed by atoms with Crippen LogP contribution in [0.2, 0.25) is 0 Å². The Morgan fingerprint density at radius 1 is 0.543 bits per heavy atom. The van der Waals surface area contributed by atoms with Crippen molar-refractivity contribution in [1.82, 2.24) is 70.7 Å². The number of hydrogen-bond donors (Lipinski definition) is 6. The Bertz CT molecular complexity index is 3540. The van der Waals surface area contributed by atoms with Crippen LogP contribution in [-0.2, 0) is 86.4 Å². The summed E-state index contributed by atoms with van der Waals surface area (Å²) < 4.78 is 0. The van der Waals surface area contributed by atoms with Gasteiger partial charge in [0.2, 0.25) is 82.7 Å². The first-order valence-corrected chi connectivity index (χ1v) is 36.0. The molecule has 6 N–H and O–H groups in total. The number of piperidine rings is 1. The Hall–Kier alpha value is -9.80. The molecule has 0 aliphatic carbocycles. The lowest BCUT2D eigenvalue weighted by Gasteiger charge is -2.38. The van der Waals surface area contributed by atoms with Crippen LogP contribution in [0.25, 0.3) is 0 Å². The molecule has 0 radical (unpaired) electrons. The van der Waals surface area contributed by atoms with Crippen molar-refractivity contribution in [1.29, 1.82) is 0 Å². The van der Waals surface area contributed by atoms with Crippen LogP contribution in [0.3, 0.4) is 0 Å². The molecule has 5 rings (SSSR count). The summed E-state index contributed by atoms with van der Waals surface area (Å²) in [6.07, 6.45) is -0.0483. The third kappa shape index (κ3) is 23.1. The van der Waals surface area contributed by atoms with Crippen LogP contribution in [0.5, 0.6) is 0 Å². The molecular weight excluding hydrogens is 1350 g/mol. The van der Waals surface area contributed by atoms with Gasteiger partial charge in [0.1, 0.15) is 72.5 Å². The van der Waals surface area contributed by atoms with Gasteiger partial charge in [0.15, 0.2) is 0 Å². The van der Waals surface area contributed by atoms with E-state index in [0.717, 1.165) is 48.7 Å². The maximum absolute atomic E-state index is 15.6. The number of nitrogens with zero attached hydrogens (tertiary/aromatic N) is 9. The van der Waals surface area contributed by atoms with E-state index in [1.807, 2.05) is 13.8 Å². The molecule has 0 unspecified atom stereocenters. The molecule has 2 aliphatic heterocycles. The van der Waals surface area contributed by atoms with E-state index in [4.69, 9.17) is 0 Å². The first-order valence-electron chi connectivity index (χ1n) is 36.0. The highest BCUT2D eigenvalue weighted by Gasteiger charge is 2.44. The average molecular weight is 1460 g/mol. The van der Waals surface area contributed by atoms with Gasteiger partial charge in [-0.1, -0.05) is 119 Å². The summed E-state index contributed by atoms with van der Waals surface area (Å²) in [6.45, 7) is 15.5. The lowest BCUT2D eigenvalue weighted by molar-refractivity contribution is -0.153. The van der Waals surface area contributed by atoms with Crippen LogP contribution in [0.1, 0.15) is 118 Å². The third-order valence-electron chi connectivity index (χ3n) is 20.0. The molecule has 2 aliphatic rings. The molecule has 3 aromatic carbocycles. The van der Waals surface area contributed by atoms with Gasteiger partial charge >= 0.3 is 0 Å². The Morgan fingerprint density at radius 2 is 1.06 bits per heavy atom. The van der Waals surface area contributed by atoms with Crippen LogP contribution in [0.15, 0.2) is 91.0 Å².